The van der Waals surface area contributed by atoms with E-state index in [2.05, 4.69) is 4.98 Å². The van der Waals surface area contributed by atoms with E-state index < -0.39 is 0 Å². The van der Waals surface area contributed by atoms with Gasteiger partial charge in [0.25, 0.3) is 0 Å². The molecule has 1 aliphatic rings. The number of hydrogen-bond acceptors (Lipinski definition) is 3. The molecule has 0 unspecified atom stereocenters. The van der Waals surface area contributed by atoms with Gasteiger partial charge in [-0.25, -0.2) is 0 Å². The van der Waals surface area contributed by atoms with Crippen molar-refractivity contribution in [1.29, 1.82) is 5.41 Å². The van der Waals surface area contributed by atoms with Crippen LogP contribution >= 0.6 is 11.8 Å². The fourth-order valence-electron chi connectivity index (χ4n) is 2.05. The molecule has 16 heavy (non-hydrogen) atoms. The fraction of sp³-hybridized carbons (Fsp3) is 0.500. The van der Waals surface area contributed by atoms with E-state index in [1.165, 1.54) is 32.1 Å². The Morgan fingerprint density at radius 3 is 2.81 bits per heavy atom. The molecular formula is C12H17N3S. The van der Waals surface area contributed by atoms with Crippen LogP contribution in [0.1, 0.15) is 37.8 Å². The summed E-state index contributed by atoms with van der Waals surface area (Å²) in [6.45, 7) is 0. The lowest BCUT2D eigenvalue weighted by atomic mass is 10.0. The Labute approximate surface area is 100 Å². The van der Waals surface area contributed by atoms with Gasteiger partial charge >= 0.3 is 0 Å². The standard InChI is InChI=1S/C12H17N3S/c13-12(14)11-10(7-4-8-15-11)16-9-5-2-1-3-6-9/h4,7-9H,1-3,5-6H2,(H3,13,14). The fourth-order valence-corrected chi connectivity index (χ4v) is 3.41. The number of nitrogens with zero attached hydrogens (tertiary/aromatic N) is 1. The van der Waals surface area contributed by atoms with Gasteiger partial charge in [-0.05, 0) is 25.0 Å². The van der Waals surface area contributed by atoms with Gasteiger partial charge < -0.3 is 5.73 Å². The maximum Gasteiger partial charge on any atom is 0.142 e. The van der Waals surface area contributed by atoms with Crippen molar-refractivity contribution in [3.8, 4) is 0 Å². The molecule has 0 aliphatic heterocycles. The molecule has 1 heterocycles. The molecule has 0 amide bonds. The molecule has 1 aliphatic carbocycles. The second-order valence-corrected chi connectivity index (χ2v) is 5.48. The van der Waals surface area contributed by atoms with Crippen LogP contribution in [0.5, 0.6) is 0 Å². The summed E-state index contributed by atoms with van der Waals surface area (Å²) in [4.78, 5) is 5.23. The zero-order chi connectivity index (χ0) is 11.4. The predicted octanol–water partition coefficient (Wildman–Crippen LogP) is 2.79. The second-order valence-electron chi connectivity index (χ2n) is 4.14. The van der Waals surface area contributed by atoms with Crippen molar-refractivity contribution in [3.05, 3.63) is 24.0 Å². The SMILES string of the molecule is N=C(N)c1ncccc1SC1CCCCC1. The Morgan fingerprint density at radius 2 is 2.12 bits per heavy atom. The number of pyridine rings is 1. The normalized spacial score (nSPS) is 17.2. The summed E-state index contributed by atoms with van der Waals surface area (Å²) in [6.07, 6.45) is 8.26. The lowest BCUT2D eigenvalue weighted by Crippen LogP contribution is -2.15. The Bertz CT molecular complexity index is 372. The molecule has 1 aromatic heterocycles. The van der Waals surface area contributed by atoms with Crippen LogP contribution in [0.25, 0.3) is 0 Å². The highest BCUT2D eigenvalue weighted by Crippen LogP contribution is 2.34. The van der Waals surface area contributed by atoms with Crippen LogP contribution in [0.4, 0.5) is 0 Å². The number of hydrogen-bond donors (Lipinski definition) is 2. The maximum absolute atomic E-state index is 7.50. The molecule has 2 rings (SSSR count). The van der Waals surface area contributed by atoms with E-state index in [9.17, 15) is 0 Å². The van der Waals surface area contributed by atoms with E-state index in [4.69, 9.17) is 11.1 Å². The van der Waals surface area contributed by atoms with Gasteiger partial charge in [0, 0.05) is 16.3 Å². The van der Waals surface area contributed by atoms with Crippen molar-refractivity contribution in [2.24, 2.45) is 5.73 Å². The third-order valence-electron chi connectivity index (χ3n) is 2.87. The van der Waals surface area contributed by atoms with E-state index >= 15 is 0 Å². The average molecular weight is 235 g/mol. The summed E-state index contributed by atoms with van der Waals surface area (Å²) in [5.41, 5.74) is 6.16. The number of aromatic nitrogens is 1. The Kier molecular flexibility index (Phi) is 3.83. The molecule has 0 spiro atoms. The van der Waals surface area contributed by atoms with E-state index in [0.717, 1.165) is 4.90 Å². The van der Waals surface area contributed by atoms with Crippen LogP contribution in [0, 0.1) is 5.41 Å². The van der Waals surface area contributed by atoms with Crippen LogP contribution in [-0.4, -0.2) is 16.1 Å². The summed E-state index contributed by atoms with van der Waals surface area (Å²) in [6, 6.07) is 3.93. The molecule has 1 saturated carbocycles. The van der Waals surface area contributed by atoms with Gasteiger partial charge in [0.05, 0.1) is 0 Å². The van der Waals surface area contributed by atoms with Gasteiger partial charge in [0.15, 0.2) is 0 Å². The molecule has 3 nitrogen and oxygen atoms in total. The highest BCUT2D eigenvalue weighted by atomic mass is 32.2. The first-order valence-corrected chi connectivity index (χ1v) is 6.61. The third kappa shape index (κ3) is 2.76. The molecule has 0 radical (unpaired) electrons. The number of nitrogens with one attached hydrogen (secondary N) is 1. The minimum Gasteiger partial charge on any atom is -0.382 e. The summed E-state index contributed by atoms with van der Waals surface area (Å²) in [5.74, 6) is 0.0684. The highest BCUT2D eigenvalue weighted by molar-refractivity contribution is 8.00. The lowest BCUT2D eigenvalue weighted by molar-refractivity contribution is 0.516. The van der Waals surface area contributed by atoms with Gasteiger partial charge in [0.2, 0.25) is 0 Å². The average Bonchev–Trinajstić information content (AvgIpc) is 2.31. The largest absolute Gasteiger partial charge is 0.382 e. The Morgan fingerprint density at radius 1 is 1.38 bits per heavy atom. The summed E-state index contributed by atoms with van der Waals surface area (Å²) in [7, 11) is 0. The minimum atomic E-state index is 0.0684. The molecule has 3 N–H and O–H groups in total. The monoisotopic (exact) mass is 235 g/mol. The molecule has 1 fully saturated rings. The van der Waals surface area contributed by atoms with Crippen molar-refractivity contribution in [2.45, 2.75) is 42.2 Å². The van der Waals surface area contributed by atoms with E-state index in [0.29, 0.717) is 10.9 Å². The predicted molar refractivity (Wildman–Crippen MR) is 68.0 cm³/mol. The molecule has 0 saturated heterocycles. The summed E-state index contributed by atoms with van der Waals surface area (Å²) >= 11 is 1.84. The van der Waals surface area contributed by atoms with Crippen LogP contribution in [0.2, 0.25) is 0 Å². The lowest BCUT2D eigenvalue weighted by Gasteiger charge is -2.21. The Balaban J connectivity index is 2.10. The molecular weight excluding hydrogens is 218 g/mol. The molecule has 0 aromatic carbocycles. The Hall–Kier alpha value is -1.03. The topological polar surface area (TPSA) is 62.8 Å². The number of nitrogens with two attached hydrogens (primary N) is 1. The summed E-state index contributed by atoms with van der Waals surface area (Å²) < 4.78 is 0. The van der Waals surface area contributed by atoms with Gasteiger partial charge in [-0.15, -0.1) is 11.8 Å². The van der Waals surface area contributed by atoms with Gasteiger partial charge in [-0.2, -0.15) is 0 Å². The smallest absolute Gasteiger partial charge is 0.142 e. The van der Waals surface area contributed by atoms with E-state index in [1.807, 2.05) is 23.9 Å². The van der Waals surface area contributed by atoms with Crippen LogP contribution in [0.3, 0.4) is 0 Å². The number of thioether (sulfide) groups is 1. The maximum atomic E-state index is 7.50. The van der Waals surface area contributed by atoms with Crippen molar-refractivity contribution >= 4 is 17.6 Å². The summed E-state index contributed by atoms with van der Waals surface area (Å²) in [5, 5.41) is 8.17. The molecule has 86 valence electrons. The quantitative estimate of drug-likeness (QED) is 0.625. The van der Waals surface area contributed by atoms with Crippen molar-refractivity contribution in [1.82, 2.24) is 4.98 Å². The van der Waals surface area contributed by atoms with Crippen LogP contribution in [-0.2, 0) is 0 Å². The highest BCUT2D eigenvalue weighted by Gasteiger charge is 2.17. The van der Waals surface area contributed by atoms with Crippen molar-refractivity contribution in [3.63, 3.8) is 0 Å². The molecule has 4 heteroatoms. The zero-order valence-corrected chi connectivity index (χ0v) is 10.1. The zero-order valence-electron chi connectivity index (χ0n) is 9.28. The number of rotatable bonds is 3. The third-order valence-corrected chi connectivity index (χ3v) is 4.26. The molecule has 1 aromatic rings. The second kappa shape index (κ2) is 5.34. The first kappa shape index (κ1) is 11.5. The molecule has 0 atom stereocenters. The first-order chi connectivity index (χ1) is 7.77. The first-order valence-electron chi connectivity index (χ1n) is 5.73. The van der Waals surface area contributed by atoms with Gasteiger partial charge in [0.1, 0.15) is 11.5 Å². The molecule has 0 bridgehead atoms. The van der Waals surface area contributed by atoms with Crippen LogP contribution < -0.4 is 5.73 Å². The van der Waals surface area contributed by atoms with Gasteiger partial charge in [-0.1, -0.05) is 19.3 Å². The number of amidine groups is 1. The van der Waals surface area contributed by atoms with Crippen LogP contribution in [0.15, 0.2) is 23.2 Å². The minimum absolute atomic E-state index is 0.0684. The van der Waals surface area contributed by atoms with Crippen molar-refractivity contribution in [2.75, 3.05) is 0 Å². The number of nitrogen functional groups attached to an aromatic ring is 1. The van der Waals surface area contributed by atoms with E-state index in [-0.39, 0.29) is 5.84 Å². The van der Waals surface area contributed by atoms with E-state index in [1.54, 1.807) is 6.20 Å². The van der Waals surface area contributed by atoms with Crippen molar-refractivity contribution < 1.29 is 0 Å². The van der Waals surface area contributed by atoms with Gasteiger partial charge in [-0.3, -0.25) is 10.4 Å².